The number of nitrogens with one attached hydrogen (secondary N) is 1. The number of nitrogens with two attached hydrogens (primary N) is 1. The van der Waals surface area contributed by atoms with E-state index in [1.54, 1.807) is 16.8 Å². The van der Waals surface area contributed by atoms with Crippen molar-refractivity contribution < 1.29 is 4.79 Å². The van der Waals surface area contributed by atoms with Gasteiger partial charge in [0.25, 0.3) is 5.91 Å². The number of nitrogens with zero attached hydrogens (tertiary/aromatic N) is 3. The van der Waals surface area contributed by atoms with Crippen LogP contribution in [0.1, 0.15) is 41.1 Å². The molecule has 0 radical (unpaired) electrons. The molecule has 3 N–H and O–H groups in total. The van der Waals surface area contributed by atoms with Gasteiger partial charge in [0, 0.05) is 17.6 Å². The Morgan fingerprint density at radius 2 is 2.00 bits per heavy atom. The van der Waals surface area contributed by atoms with Gasteiger partial charge < -0.3 is 11.1 Å². The lowest BCUT2D eigenvalue weighted by Crippen LogP contribution is -2.32. The van der Waals surface area contributed by atoms with Crippen LogP contribution in [0.25, 0.3) is 5.69 Å². The number of hydrogen-bond acceptors (Lipinski definition) is 4. The summed E-state index contributed by atoms with van der Waals surface area (Å²) in [6, 6.07) is 16.7. The van der Waals surface area contributed by atoms with Crippen LogP contribution in [0.15, 0.2) is 54.6 Å². The highest BCUT2D eigenvalue weighted by Crippen LogP contribution is 2.18. The minimum Gasteiger partial charge on any atom is -0.349 e. The van der Waals surface area contributed by atoms with Gasteiger partial charge in [-0.1, -0.05) is 66.6 Å². The summed E-state index contributed by atoms with van der Waals surface area (Å²) in [6.07, 6.45) is 1.53. The van der Waals surface area contributed by atoms with E-state index in [0.717, 1.165) is 23.4 Å². The highest BCUT2D eigenvalue weighted by atomic mass is 35.5. The predicted octanol–water partition coefficient (Wildman–Crippen LogP) is 3.30. The van der Waals surface area contributed by atoms with Crippen molar-refractivity contribution >= 4 is 17.5 Å². The molecular weight excluding hydrogens is 362 g/mol. The van der Waals surface area contributed by atoms with Crippen molar-refractivity contribution in [2.75, 3.05) is 6.54 Å². The molecule has 0 aliphatic rings. The van der Waals surface area contributed by atoms with Crippen molar-refractivity contribution in [3.05, 3.63) is 76.6 Å². The van der Waals surface area contributed by atoms with E-state index >= 15 is 0 Å². The van der Waals surface area contributed by atoms with Crippen molar-refractivity contribution in [3.63, 3.8) is 0 Å². The zero-order valence-electron chi connectivity index (χ0n) is 15.1. The number of halogens is 1. The maximum Gasteiger partial charge on any atom is 0.273 e. The topological polar surface area (TPSA) is 85.8 Å². The Hall–Kier alpha value is -2.70. The van der Waals surface area contributed by atoms with Gasteiger partial charge in [-0.15, -0.1) is 5.10 Å². The molecule has 0 aliphatic carbocycles. The highest BCUT2D eigenvalue weighted by Gasteiger charge is 2.20. The van der Waals surface area contributed by atoms with E-state index in [4.69, 9.17) is 17.3 Å². The van der Waals surface area contributed by atoms with Gasteiger partial charge >= 0.3 is 0 Å². The zero-order valence-corrected chi connectivity index (χ0v) is 15.9. The minimum absolute atomic E-state index is 0.280. The second-order valence-electron chi connectivity index (χ2n) is 6.25. The predicted molar refractivity (Wildman–Crippen MR) is 106 cm³/mol. The van der Waals surface area contributed by atoms with E-state index in [0.29, 0.717) is 23.7 Å². The largest absolute Gasteiger partial charge is 0.349 e. The Bertz CT molecular complexity index is 910. The van der Waals surface area contributed by atoms with Crippen LogP contribution in [0.5, 0.6) is 0 Å². The number of amides is 1. The summed E-state index contributed by atoms with van der Waals surface area (Å²) in [5.74, 6) is -0.280. The first-order valence-corrected chi connectivity index (χ1v) is 9.27. The number of carbonyl (C=O) groups excluding carboxylic acids is 1. The van der Waals surface area contributed by atoms with Gasteiger partial charge in [0.2, 0.25) is 0 Å². The van der Waals surface area contributed by atoms with Crippen molar-refractivity contribution in [1.29, 1.82) is 0 Å². The molecule has 1 atom stereocenters. The number of rotatable bonds is 7. The maximum absolute atomic E-state index is 12.7. The Morgan fingerprint density at radius 3 is 2.70 bits per heavy atom. The van der Waals surface area contributed by atoms with Gasteiger partial charge in [0.05, 0.1) is 11.4 Å². The minimum atomic E-state index is -0.284. The lowest BCUT2D eigenvalue weighted by atomic mass is 10.1. The lowest BCUT2D eigenvalue weighted by molar-refractivity contribution is 0.0945. The van der Waals surface area contributed by atoms with Gasteiger partial charge in [-0.25, -0.2) is 4.68 Å². The van der Waals surface area contributed by atoms with E-state index in [-0.39, 0.29) is 11.9 Å². The first kappa shape index (κ1) is 19.1. The molecule has 1 unspecified atom stereocenters. The van der Waals surface area contributed by atoms with Gasteiger partial charge in [-0.2, -0.15) is 0 Å². The molecule has 6 nitrogen and oxygen atoms in total. The molecule has 1 heterocycles. The first-order valence-electron chi connectivity index (χ1n) is 8.89. The standard InChI is InChI=1S/C20H22ClN5O/c1-2-7-18-19(24-25-26(18)16-11-6-10-15(21)12-16)20(27)23-13-17(22)14-8-4-3-5-9-14/h3-6,8-12,17H,2,7,13,22H2,1H3,(H,23,27). The summed E-state index contributed by atoms with van der Waals surface area (Å²) in [7, 11) is 0. The number of aromatic nitrogens is 3. The van der Waals surface area contributed by atoms with Crippen molar-refractivity contribution in [2.24, 2.45) is 5.73 Å². The summed E-state index contributed by atoms with van der Waals surface area (Å²) in [4.78, 5) is 12.7. The number of carbonyl (C=O) groups is 1. The van der Waals surface area contributed by atoms with Gasteiger partial charge in [-0.05, 0) is 30.2 Å². The molecule has 0 saturated heterocycles. The van der Waals surface area contributed by atoms with Crippen LogP contribution in [0.3, 0.4) is 0 Å². The summed E-state index contributed by atoms with van der Waals surface area (Å²) in [5.41, 5.74) is 8.98. The molecule has 0 aliphatic heterocycles. The molecule has 0 spiro atoms. The van der Waals surface area contributed by atoms with Crippen LogP contribution >= 0.6 is 11.6 Å². The second kappa shape index (κ2) is 8.79. The van der Waals surface area contributed by atoms with E-state index in [1.807, 2.05) is 49.4 Å². The van der Waals surface area contributed by atoms with Crippen LogP contribution < -0.4 is 11.1 Å². The van der Waals surface area contributed by atoms with E-state index in [9.17, 15) is 4.79 Å². The second-order valence-corrected chi connectivity index (χ2v) is 6.69. The quantitative estimate of drug-likeness (QED) is 0.655. The molecule has 3 aromatic rings. The highest BCUT2D eigenvalue weighted by molar-refractivity contribution is 6.30. The third-order valence-electron chi connectivity index (χ3n) is 4.23. The van der Waals surface area contributed by atoms with Gasteiger partial charge in [-0.3, -0.25) is 4.79 Å². The molecule has 7 heteroatoms. The van der Waals surface area contributed by atoms with Crippen molar-refractivity contribution in [2.45, 2.75) is 25.8 Å². The van der Waals surface area contributed by atoms with E-state index < -0.39 is 0 Å². The zero-order chi connectivity index (χ0) is 19.2. The molecule has 1 amide bonds. The smallest absolute Gasteiger partial charge is 0.273 e. The maximum atomic E-state index is 12.7. The summed E-state index contributed by atoms with van der Waals surface area (Å²) < 4.78 is 1.67. The Balaban J connectivity index is 1.78. The molecular formula is C20H22ClN5O. The summed E-state index contributed by atoms with van der Waals surface area (Å²) in [6.45, 7) is 2.36. The Kier molecular flexibility index (Phi) is 6.21. The number of benzene rings is 2. The Labute approximate surface area is 163 Å². The van der Waals surface area contributed by atoms with E-state index in [1.165, 1.54) is 0 Å². The SMILES string of the molecule is CCCc1c(C(=O)NCC(N)c2ccccc2)nnn1-c1cccc(Cl)c1. The molecule has 0 bridgehead atoms. The molecule has 0 fully saturated rings. The Morgan fingerprint density at radius 1 is 1.22 bits per heavy atom. The molecule has 2 aromatic carbocycles. The fourth-order valence-electron chi connectivity index (χ4n) is 2.86. The third kappa shape index (κ3) is 4.53. The van der Waals surface area contributed by atoms with Crippen LogP contribution in [-0.4, -0.2) is 27.4 Å². The van der Waals surface area contributed by atoms with Gasteiger partial charge in [0.1, 0.15) is 0 Å². The lowest BCUT2D eigenvalue weighted by Gasteiger charge is -2.13. The monoisotopic (exact) mass is 383 g/mol. The first-order chi connectivity index (χ1) is 13.1. The van der Waals surface area contributed by atoms with Crippen molar-refractivity contribution in [1.82, 2.24) is 20.3 Å². The third-order valence-corrected chi connectivity index (χ3v) is 4.46. The average Bonchev–Trinajstić information content (AvgIpc) is 3.10. The normalized spacial score (nSPS) is 12.0. The van der Waals surface area contributed by atoms with Crippen LogP contribution in [0.4, 0.5) is 0 Å². The fraction of sp³-hybridized carbons (Fsp3) is 0.250. The van der Waals surface area contributed by atoms with Crippen LogP contribution in [0, 0.1) is 0 Å². The summed E-state index contributed by atoms with van der Waals surface area (Å²) >= 11 is 6.08. The molecule has 3 rings (SSSR count). The number of hydrogen-bond donors (Lipinski definition) is 2. The van der Waals surface area contributed by atoms with Crippen molar-refractivity contribution in [3.8, 4) is 5.69 Å². The molecule has 1 aromatic heterocycles. The summed E-state index contributed by atoms with van der Waals surface area (Å²) in [5, 5.41) is 11.7. The van der Waals surface area contributed by atoms with E-state index in [2.05, 4.69) is 15.6 Å². The van der Waals surface area contributed by atoms with Crippen LogP contribution in [0.2, 0.25) is 5.02 Å². The van der Waals surface area contributed by atoms with Gasteiger partial charge in [0.15, 0.2) is 5.69 Å². The molecule has 27 heavy (non-hydrogen) atoms. The molecule has 0 saturated carbocycles. The fourth-order valence-corrected chi connectivity index (χ4v) is 3.04. The van der Waals surface area contributed by atoms with Crippen LogP contribution in [-0.2, 0) is 6.42 Å². The average molecular weight is 384 g/mol. The molecule has 140 valence electrons.